The zero-order valence-electron chi connectivity index (χ0n) is 13.5. The van der Waals surface area contributed by atoms with Crippen molar-refractivity contribution in [2.24, 2.45) is 12.0 Å². The number of alkyl halides is 3. The summed E-state index contributed by atoms with van der Waals surface area (Å²) in [6.07, 6.45) is -2.29. The topological polar surface area (TPSA) is 54.2 Å². The van der Waals surface area contributed by atoms with Crippen molar-refractivity contribution < 1.29 is 13.2 Å². The third-order valence-electron chi connectivity index (χ3n) is 3.17. The molecule has 24 heavy (non-hydrogen) atoms. The van der Waals surface area contributed by atoms with Crippen LogP contribution >= 0.6 is 11.3 Å². The molecule has 0 aliphatic heterocycles. The van der Waals surface area contributed by atoms with Crippen molar-refractivity contribution in [1.82, 2.24) is 20.4 Å². The van der Waals surface area contributed by atoms with Gasteiger partial charge in [0.25, 0.3) is 0 Å². The molecule has 0 aliphatic rings. The van der Waals surface area contributed by atoms with Crippen molar-refractivity contribution in [3.05, 3.63) is 39.8 Å². The Bertz CT molecular complexity index is 661. The number of rotatable bonds is 6. The lowest BCUT2D eigenvalue weighted by Gasteiger charge is -2.11. The van der Waals surface area contributed by atoms with Gasteiger partial charge in [-0.25, -0.2) is 4.99 Å². The number of hydrogen-bond acceptors (Lipinski definition) is 3. The van der Waals surface area contributed by atoms with E-state index in [1.54, 1.807) is 11.3 Å². The Morgan fingerprint density at radius 2 is 2.17 bits per heavy atom. The number of guanidine groups is 1. The molecule has 0 saturated heterocycles. The first-order valence-electron chi connectivity index (χ1n) is 7.54. The molecule has 2 rings (SSSR count). The Kier molecular flexibility index (Phi) is 6.24. The Morgan fingerprint density at radius 3 is 2.79 bits per heavy atom. The number of halogens is 3. The quantitative estimate of drug-likeness (QED) is 0.616. The van der Waals surface area contributed by atoms with Crippen molar-refractivity contribution in [2.45, 2.75) is 26.1 Å². The number of hydrogen-bond donors (Lipinski definition) is 2. The summed E-state index contributed by atoms with van der Waals surface area (Å²) in [5.74, 6) is 0.492. The maximum absolute atomic E-state index is 12.9. The molecule has 2 N–H and O–H groups in total. The first-order chi connectivity index (χ1) is 11.4. The number of aromatic nitrogens is 2. The predicted molar refractivity (Wildman–Crippen MR) is 89.1 cm³/mol. The normalized spacial score (nSPS) is 12.5. The van der Waals surface area contributed by atoms with E-state index >= 15 is 0 Å². The summed E-state index contributed by atoms with van der Waals surface area (Å²) in [4.78, 5) is 5.48. The zero-order valence-corrected chi connectivity index (χ0v) is 14.3. The molecule has 132 valence electrons. The van der Waals surface area contributed by atoms with Crippen LogP contribution in [0.2, 0.25) is 0 Å². The van der Waals surface area contributed by atoms with Crippen LogP contribution in [0.4, 0.5) is 13.2 Å². The van der Waals surface area contributed by atoms with E-state index in [-0.39, 0.29) is 12.1 Å². The van der Waals surface area contributed by atoms with Crippen molar-refractivity contribution >= 4 is 17.3 Å². The highest BCUT2D eigenvalue weighted by Crippen LogP contribution is 2.30. The molecule has 0 fully saturated rings. The highest BCUT2D eigenvalue weighted by molar-refractivity contribution is 7.09. The minimum Gasteiger partial charge on any atom is -0.357 e. The van der Waals surface area contributed by atoms with Gasteiger partial charge in [-0.05, 0) is 24.8 Å². The molecule has 0 spiro atoms. The van der Waals surface area contributed by atoms with Gasteiger partial charge in [-0.3, -0.25) is 4.68 Å². The second-order valence-corrected chi connectivity index (χ2v) is 6.16. The number of nitrogens with one attached hydrogen (secondary N) is 2. The minimum atomic E-state index is -4.48. The summed E-state index contributed by atoms with van der Waals surface area (Å²) < 4.78 is 40.0. The number of aryl methyl sites for hydroxylation is 1. The van der Waals surface area contributed by atoms with E-state index in [1.807, 2.05) is 24.4 Å². The van der Waals surface area contributed by atoms with Crippen molar-refractivity contribution in [3.63, 3.8) is 0 Å². The molecule has 0 aromatic carbocycles. The van der Waals surface area contributed by atoms with E-state index in [0.717, 1.165) is 11.1 Å². The van der Waals surface area contributed by atoms with Crippen LogP contribution in [0.15, 0.2) is 28.7 Å². The number of aliphatic imine (C=N–C) groups is 1. The van der Waals surface area contributed by atoms with Gasteiger partial charge in [0.15, 0.2) is 11.7 Å². The zero-order chi connectivity index (χ0) is 17.6. The van der Waals surface area contributed by atoms with E-state index in [4.69, 9.17) is 0 Å². The van der Waals surface area contributed by atoms with Crippen molar-refractivity contribution in [1.29, 1.82) is 0 Å². The second kappa shape index (κ2) is 8.18. The molecule has 0 saturated carbocycles. The summed E-state index contributed by atoms with van der Waals surface area (Å²) in [5.41, 5.74) is -0.830. The van der Waals surface area contributed by atoms with Crippen molar-refractivity contribution in [3.8, 4) is 0 Å². The van der Waals surface area contributed by atoms with Gasteiger partial charge in [-0.15, -0.1) is 11.3 Å². The Hall–Kier alpha value is -2.03. The minimum absolute atomic E-state index is 0.0560. The molecule has 5 nitrogen and oxygen atoms in total. The molecule has 0 bridgehead atoms. The maximum Gasteiger partial charge on any atom is 0.435 e. The van der Waals surface area contributed by atoms with Crippen LogP contribution in [0.5, 0.6) is 0 Å². The Balaban J connectivity index is 2.00. The fourth-order valence-corrected chi connectivity index (χ4v) is 2.87. The summed E-state index contributed by atoms with van der Waals surface area (Å²) in [5, 5.41) is 11.7. The number of thiophene rings is 1. The monoisotopic (exact) mass is 359 g/mol. The average Bonchev–Trinajstić information content (AvgIpc) is 3.13. The molecular formula is C15H20F3N5S. The van der Waals surface area contributed by atoms with Crippen LogP contribution < -0.4 is 10.6 Å². The molecule has 2 aromatic rings. The molecule has 2 heterocycles. The lowest BCUT2D eigenvalue weighted by molar-refractivity contribution is -0.142. The smallest absolute Gasteiger partial charge is 0.357 e. The van der Waals surface area contributed by atoms with Gasteiger partial charge in [0.2, 0.25) is 0 Å². The van der Waals surface area contributed by atoms with Gasteiger partial charge in [-0.2, -0.15) is 18.3 Å². The van der Waals surface area contributed by atoms with Gasteiger partial charge >= 0.3 is 6.18 Å². The average molecular weight is 359 g/mol. The Morgan fingerprint density at radius 1 is 1.38 bits per heavy atom. The van der Waals surface area contributed by atoms with Crippen LogP contribution in [0.3, 0.4) is 0 Å². The van der Waals surface area contributed by atoms with E-state index in [2.05, 4.69) is 20.7 Å². The largest absolute Gasteiger partial charge is 0.435 e. The summed E-state index contributed by atoms with van der Waals surface area (Å²) >= 11 is 1.67. The Labute approximate surface area is 142 Å². The molecule has 0 radical (unpaired) electrons. The first kappa shape index (κ1) is 18.3. The predicted octanol–water partition coefficient (Wildman–Crippen LogP) is 2.80. The molecular weight excluding hydrogens is 339 g/mol. The van der Waals surface area contributed by atoms with E-state index in [1.165, 1.54) is 18.1 Å². The van der Waals surface area contributed by atoms with Gasteiger partial charge in [0, 0.05) is 36.8 Å². The summed E-state index contributed by atoms with van der Waals surface area (Å²) in [6.45, 7) is 3.11. The van der Waals surface area contributed by atoms with Gasteiger partial charge in [-0.1, -0.05) is 6.07 Å². The highest BCUT2D eigenvalue weighted by Gasteiger charge is 2.36. The summed E-state index contributed by atoms with van der Waals surface area (Å²) in [7, 11) is 1.47. The van der Waals surface area contributed by atoms with Crippen LogP contribution in [0.25, 0.3) is 0 Å². The van der Waals surface area contributed by atoms with Crippen LogP contribution in [0, 0.1) is 0 Å². The fraction of sp³-hybridized carbons (Fsp3) is 0.467. The number of nitrogens with zero attached hydrogens (tertiary/aromatic N) is 3. The molecule has 0 atom stereocenters. The first-order valence-corrected chi connectivity index (χ1v) is 8.42. The van der Waals surface area contributed by atoms with Gasteiger partial charge in [0.05, 0.1) is 6.54 Å². The molecule has 0 unspecified atom stereocenters. The molecule has 2 aromatic heterocycles. The third kappa shape index (κ3) is 5.26. The highest BCUT2D eigenvalue weighted by atomic mass is 32.1. The molecule has 0 amide bonds. The maximum atomic E-state index is 12.9. The lowest BCUT2D eigenvalue weighted by atomic mass is 10.2. The van der Waals surface area contributed by atoms with E-state index in [0.29, 0.717) is 19.0 Å². The van der Waals surface area contributed by atoms with Crippen LogP contribution in [-0.4, -0.2) is 28.8 Å². The lowest BCUT2D eigenvalue weighted by Crippen LogP contribution is -2.38. The molecule has 9 heteroatoms. The van der Waals surface area contributed by atoms with Crippen LogP contribution in [0.1, 0.15) is 23.1 Å². The fourth-order valence-electron chi connectivity index (χ4n) is 2.16. The second-order valence-electron chi connectivity index (χ2n) is 5.13. The SMILES string of the molecule is CCNC(=NCc1cn(C)nc1C(F)(F)F)NCCc1cccs1. The van der Waals surface area contributed by atoms with Gasteiger partial charge in [0.1, 0.15) is 0 Å². The van der Waals surface area contributed by atoms with Crippen molar-refractivity contribution in [2.75, 3.05) is 13.1 Å². The van der Waals surface area contributed by atoms with Gasteiger partial charge < -0.3 is 10.6 Å². The third-order valence-corrected chi connectivity index (χ3v) is 4.10. The standard InChI is InChI=1S/C15H20F3N5S/c1-3-19-14(20-7-6-12-5-4-8-24-12)21-9-11-10-23(2)22-13(11)15(16,17)18/h4-5,8,10H,3,6-7,9H2,1-2H3,(H2,19,20,21). The van der Waals surface area contributed by atoms with E-state index < -0.39 is 11.9 Å². The van der Waals surface area contributed by atoms with E-state index in [9.17, 15) is 13.2 Å². The summed E-state index contributed by atoms with van der Waals surface area (Å²) in [6, 6.07) is 4.03. The van der Waals surface area contributed by atoms with Crippen LogP contribution in [-0.2, 0) is 26.2 Å². The molecule has 0 aliphatic carbocycles.